The molecular weight excluding hydrogens is 262 g/mol. The van der Waals surface area contributed by atoms with E-state index < -0.39 is 0 Å². The van der Waals surface area contributed by atoms with Crippen molar-refractivity contribution in [3.8, 4) is 5.75 Å². The Bertz CT molecular complexity index is 584. The summed E-state index contributed by atoms with van der Waals surface area (Å²) in [6.07, 6.45) is 0.245. The third-order valence-corrected chi connectivity index (χ3v) is 3.02. The van der Waals surface area contributed by atoms with Crippen LogP contribution < -0.4 is 10.1 Å². The van der Waals surface area contributed by atoms with Crippen molar-refractivity contribution in [1.82, 2.24) is 0 Å². The predicted octanol–water partition coefficient (Wildman–Crippen LogP) is 3.53. The molecule has 0 unspecified atom stereocenters. The summed E-state index contributed by atoms with van der Waals surface area (Å²) in [5.41, 5.74) is 1.46. The second-order valence-electron chi connectivity index (χ2n) is 4.02. The molecular formula is C15H14ClNO2. The first kappa shape index (κ1) is 13.4. The summed E-state index contributed by atoms with van der Waals surface area (Å²) in [6.45, 7) is 0. The van der Waals surface area contributed by atoms with Crippen molar-refractivity contribution in [3.05, 3.63) is 59.1 Å². The number of benzene rings is 2. The van der Waals surface area contributed by atoms with Gasteiger partial charge in [-0.25, -0.2) is 0 Å². The van der Waals surface area contributed by atoms with Gasteiger partial charge in [0.05, 0.1) is 24.2 Å². The number of rotatable bonds is 4. The third-order valence-electron chi connectivity index (χ3n) is 2.69. The lowest BCUT2D eigenvalue weighted by Gasteiger charge is -2.09. The van der Waals surface area contributed by atoms with E-state index in [-0.39, 0.29) is 12.3 Å². The summed E-state index contributed by atoms with van der Waals surface area (Å²) < 4.78 is 5.21. The Hall–Kier alpha value is -2.00. The SMILES string of the molecule is COc1ccccc1CC(=O)Nc1ccccc1Cl. The van der Waals surface area contributed by atoms with E-state index in [0.717, 1.165) is 5.56 Å². The van der Waals surface area contributed by atoms with Gasteiger partial charge < -0.3 is 10.1 Å². The molecule has 4 heteroatoms. The van der Waals surface area contributed by atoms with Gasteiger partial charge in [0.15, 0.2) is 0 Å². The second kappa shape index (κ2) is 6.25. The topological polar surface area (TPSA) is 38.3 Å². The van der Waals surface area contributed by atoms with Gasteiger partial charge in [0.25, 0.3) is 0 Å². The van der Waals surface area contributed by atoms with E-state index in [2.05, 4.69) is 5.32 Å². The highest BCUT2D eigenvalue weighted by molar-refractivity contribution is 6.33. The minimum absolute atomic E-state index is 0.127. The molecule has 0 spiro atoms. The molecule has 0 saturated carbocycles. The van der Waals surface area contributed by atoms with Crippen LogP contribution in [0.25, 0.3) is 0 Å². The van der Waals surface area contributed by atoms with Crippen LogP contribution in [0.1, 0.15) is 5.56 Å². The van der Waals surface area contributed by atoms with Gasteiger partial charge in [0.2, 0.25) is 5.91 Å². The molecule has 1 amide bonds. The first-order valence-electron chi connectivity index (χ1n) is 5.87. The Labute approximate surface area is 117 Å². The van der Waals surface area contributed by atoms with E-state index in [9.17, 15) is 4.79 Å². The number of nitrogens with one attached hydrogen (secondary N) is 1. The lowest BCUT2D eigenvalue weighted by atomic mass is 10.1. The predicted molar refractivity (Wildman–Crippen MR) is 76.8 cm³/mol. The maximum Gasteiger partial charge on any atom is 0.228 e. The van der Waals surface area contributed by atoms with Crippen LogP contribution in [0.15, 0.2) is 48.5 Å². The van der Waals surface area contributed by atoms with Gasteiger partial charge in [-0.3, -0.25) is 4.79 Å². The highest BCUT2D eigenvalue weighted by atomic mass is 35.5. The lowest BCUT2D eigenvalue weighted by molar-refractivity contribution is -0.115. The van der Waals surface area contributed by atoms with Crippen LogP contribution in [-0.2, 0) is 11.2 Å². The Morgan fingerprint density at radius 3 is 2.58 bits per heavy atom. The van der Waals surface area contributed by atoms with Gasteiger partial charge in [0, 0.05) is 5.56 Å². The zero-order chi connectivity index (χ0) is 13.7. The number of carbonyl (C=O) groups is 1. The molecule has 2 aromatic rings. The van der Waals surface area contributed by atoms with E-state index in [1.165, 1.54) is 0 Å². The summed E-state index contributed by atoms with van der Waals surface area (Å²) in [5.74, 6) is 0.578. The van der Waals surface area contributed by atoms with E-state index >= 15 is 0 Å². The third kappa shape index (κ3) is 3.48. The first-order chi connectivity index (χ1) is 9.20. The van der Waals surface area contributed by atoms with Gasteiger partial charge in [-0.1, -0.05) is 41.9 Å². The molecule has 0 bridgehead atoms. The van der Waals surface area contributed by atoms with Crippen LogP contribution in [0, 0.1) is 0 Å². The smallest absolute Gasteiger partial charge is 0.228 e. The molecule has 19 heavy (non-hydrogen) atoms. The number of carbonyl (C=O) groups excluding carboxylic acids is 1. The standard InChI is InChI=1S/C15H14ClNO2/c1-19-14-9-5-2-6-11(14)10-15(18)17-13-8-4-3-7-12(13)16/h2-9H,10H2,1H3,(H,17,18). The number of para-hydroxylation sites is 2. The quantitative estimate of drug-likeness (QED) is 0.927. The normalized spacial score (nSPS) is 10.0. The zero-order valence-corrected chi connectivity index (χ0v) is 11.3. The minimum atomic E-state index is -0.127. The maximum absolute atomic E-state index is 12.0. The van der Waals surface area contributed by atoms with Crippen molar-refractivity contribution in [3.63, 3.8) is 0 Å². The monoisotopic (exact) mass is 275 g/mol. The Morgan fingerprint density at radius 1 is 1.16 bits per heavy atom. The fourth-order valence-corrected chi connectivity index (χ4v) is 1.96. The molecule has 0 aliphatic carbocycles. The van der Waals surface area contributed by atoms with E-state index in [1.807, 2.05) is 36.4 Å². The molecule has 0 aliphatic heterocycles. The average Bonchev–Trinajstić information content (AvgIpc) is 2.42. The molecule has 0 atom stereocenters. The van der Waals surface area contributed by atoms with Gasteiger partial charge in [-0.15, -0.1) is 0 Å². The molecule has 0 fully saturated rings. The number of hydrogen-bond acceptors (Lipinski definition) is 2. The van der Waals surface area contributed by atoms with Crippen LogP contribution in [0.3, 0.4) is 0 Å². The minimum Gasteiger partial charge on any atom is -0.496 e. The number of halogens is 1. The van der Waals surface area contributed by atoms with Gasteiger partial charge in [-0.05, 0) is 18.2 Å². The van der Waals surface area contributed by atoms with Crippen LogP contribution in [0.5, 0.6) is 5.75 Å². The van der Waals surface area contributed by atoms with Crippen LogP contribution in [0.2, 0.25) is 5.02 Å². The van der Waals surface area contributed by atoms with Crippen LogP contribution >= 0.6 is 11.6 Å². The second-order valence-corrected chi connectivity index (χ2v) is 4.42. The van der Waals surface area contributed by atoms with Crippen LogP contribution in [-0.4, -0.2) is 13.0 Å². The molecule has 0 radical (unpaired) electrons. The fourth-order valence-electron chi connectivity index (χ4n) is 1.78. The molecule has 2 aromatic carbocycles. The Morgan fingerprint density at radius 2 is 1.84 bits per heavy atom. The summed E-state index contributed by atoms with van der Waals surface area (Å²) >= 11 is 5.99. The van der Waals surface area contributed by atoms with E-state index in [0.29, 0.717) is 16.5 Å². The van der Waals surface area contributed by atoms with Crippen molar-refractivity contribution >= 4 is 23.2 Å². The van der Waals surface area contributed by atoms with Crippen molar-refractivity contribution < 1.29 is 9.53 Å². The maximum atomic E-state index is 12.0. The number of methoxy groups -OCH3 is 1. The van der Waals surface area contributed by atoms with Gasteiger partial charge >= 0.3 is 0 Å². The van der Waals surface area contributed by atoms with Gasteiger partial charge in [0.1, 0.15) is 5.75 Å². The molecule has 0 aliphatic rings. The van der Waals surface area contributed by atoms with Crippen molar-refractivity contribution in [2.24, 2.45) is 0 Å². The molecule has 1 N–H and O–H groups in total. The zero-order valence-electron chi connectivity index (χ0n) is 10.5. The highest BCUT2D eigenvalue weighted by Gasteiger charge is 2.09. The summed E-state index contributed by atoms with van der Waals surface area (Å²) in [6, 6.07) is 14.6. The molecule has 2 rings (SSSR count). The van der Waals surface area contributed by atoms with E-state index in [4.69, 9.17) is 16.3 Å². The van der Waals surface area contributed by atoms with Crippen LogP contribution in [0.4, 0.5) is 5.69 Å². The lowest BCUT2D eigenvalue weighted by Crippen LogP contribution is -2.15. The Balaban J connectivity index is 2.08. The number of hydrogen-bond donors (Lipinski definition) is 1. The molecule has 98 valence electrons. The number of anilines is 1. The molecule has 0 aromatic heterocycles. The molecule has 0 saturated heterocycles. The van der Waals surface area contributed by atoms with Crippen molar-refractivity contribution in [2.45, 2.75) is 6.42 Å². The fraction of sp³-hybridized carbons (Fsp3) is 0.133. The largest absolute Gasteiger partial charge is 0.496 e. The summed E-state index contributed by atoms with van der Waals surface area (Å²) in [5, 5.41) is 3.31. The Kier molecular flexibility index (Phi) is 4.42. The highest BCUT2D eigenvalue weighted by Crippen LogP contribution is 2.22. The molecule has 0 heterocycles. The number of amides is 1. The van der Waals surface area contributed by atoms with Gasteiger partial charge in [-0.2, -0.15) is 0 Å². The number of ether oxygens (including phenoxy) is 1. The average molecular weight is 276 g/mol. The molecule has 3 nitrogen and oxygen atoms in total. The summed E-state index contributed by atoms with van der Waals surface area (Å²) in [4.78, 5) is 12.0. The van der Waals surface area contributed by atoms with Crippen molar-refractivity contribution in [2.75, 3.05) is 12.4 Å². The van der Waals surface area contributed by atoms with Crippen molar-refractivity contribution in [1.29, 1.82) is 0 Å². The summed E-state index contributed by atoms with van der Waals surface area (Å²) in [7, 11) is 1.59. The van der Waals surface area contributed by atoms with E-state index in [1.54, 1.807) is 19.2 Å². The first-order valence-corrected chi connectivity index (χ1v) is 6.25.